The van der Waals surface area contributed by atoms with Crippen molar-refractivity contribution in [3.63, 3.8) is 0 Å². The summed E-state index contributed by atoms with van der Waals surface area (Å²) in [5.41, 5.74) is 1.87. The lowest BCUT2D eigenvalue weighted by Gasteiger charge is -2.13. The molecule has 2 aliphatic heterocycles. The summed E-state index contributed by atoms with van der Waals surface area (Å²) >= 11 is 4.92. The van der Waals surface area contributed by atoms with Gasteiger partial charge in [-0.15, -0.1) is 0 Å². The average Bonchev–Trinajstić information content (AvgIpc) is 3.40. The highest BCUT2D eigenvalue weighted by Crippen LogP contribution is 2.35. The van der Waals surface area contributed by atoms with E-state index in [2.05, 4.69) is 31.7 Å². The molecule has 2 aliphatic rings. The van der Waals surface area contributed by atoms with E-state index in [9.17, 15) is 9.59 Å². The number of anilines is 1. The molecule has 0 aromatic carbocycles. The maximum atomic E-state index is 12.5. The number of furan rings is 1. The Morgan fingerprint density at radius 1 is 1.37 bits per heavy atom. The minimum absolute atomic E-state index is 0.0435. The Labute approximate surface area is 168 Å². The molecule has 144 valence electrons. The predicted molar refractivity (Wildman–Crippen MR) is 104 cm³/mol. The van der Waals surface area contributed by atoms with E-state index in [1.54, 1.807) is 28.6 Å². The van der Waals surface area contributed by atoms with Crippen molar-refractivity contribution < 1.29 is 18.7 Å². The van der Waals surface area contributed by atoms with Crippen LogP contribution in [0, 0.1) is 0 Å². The summed E-state index contributed by atoms with van der Waals surface area (Å²) in [5.74, 6) is 1.74. The summed E-state index contributed by atoms with van der Waals surface area (Å²) in [5, 5.41) is 10.2. The number of fused-ring (bicyclic) bond motifs is 1. The minimum Gasteiger partial charge on any atom is -0.444 e. The predicted octanol–water partition coefficient (Wildman–Crippen LogP) is 2.53. The number of nitrogens with zero attached hydrogens (tertiary/aromatic N) is 2. The molecule has 0 bridgehead atoms. The van der Waals surface area contributed by atoms with E-state index in [4.69, 9.17) is 9.15 Å². The lowest BCUT2D eigenvalue weighted by atomic mass is 10.2. The van der Waals surface area contributed by atoms with Crippen molar-refractivity contribution in [2.24, 2.45) is 0 Å². The molecule has 4 heterocycles. The standard InChI is InChI=1S/C17H19BrN4O4S/c18-14-4-3-13(26-14)17(24)20-16-11-8-27-9-12(11)21-22(16)7-15(23)19-6-10-2-1-5-25-10/h3-4,10H,1-2,5-9H2,(H,19,23)(H,20,24)/t10-/m1/s1. The lowest BCUT2D eigenvalue weighted by Crippen LogP contribution is -2.34. The number of nitrogens with one attached hydrogen (secondary N) is 2. The van der Waals surface area contributed by atoms with Crippen LogP contribution in [0.5, 0.6) is 0 Å². The number of carbonyl (C=O) groups is 2. The van der Waals surface area contributed by atoms with Crippen LogP contribution in [0.3, 0.4) is 0 Å². The molecular formula is C17H19BrN4O4S. The molecule has 0 aliphatic carbocycles. The molecule has 1 saturated heterocycles. The number of ether oxygens (including phenoxy) is 1. The van der Waals surface area contributed by atoms with Crippen LogP contribution >= 0.6 is 27.7 Å². The molecule has 1 atom stereocenters. The largest absolute Gasteiger partial charge is 0.444 e. The molecular weight excluding hydrogens is 436 g/mol. The van der Waals surface area contributed by atoms with Gasteiger partial charge in [-0.25, -0.2) is 4.68 Å². The Morgan fingerprint density at radius 3 is 3.00 bits per heavy atom. The second-order valence-corrected chi connectivity index (χ2v) is 8.19. The third-order valence-electron chi connectivity index (χ3n) is 4.49. The number of halogens is 1. The van der Waals surface area contributed by atoms with Crippen LogP contribution in [0.25, 0.3) is 0 Å². The first kappa shape index (κ1) is 18.6. The molecule has 2 aromatic heterocycles. The summed E-state index contributed by atoms with van der Waals surface area (Å²) in [6.45, 7) is 1.29. The van der Waals surface area contributed by atoms with Crippen LogP contribution in [-0.4, -0.2) is 40.9 Å². The number of aromatic nitrogens is 2. The molecule has 8 nitrogen and oxygen atoms in total. The van der Waals surface area contributed by atoms with Gasteiger partial charge in [0.1, 0.15) is 12.4 Å². The molecule has 0 saturated carbocycles. The van der Waals surface area contributed by atoms with Crippen molar-refractivity contribution in [1.29, 1.82) is 0 Å². The van der Waals surface area contributed by atoms with E-state index in [1.165, 1.54) is 0 Å². The molecule has 10 heteroatoms. The second-order valence-electron chi connectivity index (χ2n) is 6.42. The summed E-state index contributed by atoms with van der Waals surface area (Å²) in [4.78, 5) is 24.8. The third-order valence-corrected chi connectivity index (χ3v) is 5.89. The van der Waals surface area contributed by atoms with Gasteiger partial charge in [0.15, 0.2) is 10.4 Å². The summed E-state index contributed by atoms with van der Waals surface area (Å²) in [7, 11) is 0. The topological polar surface area (TPSA) is 98.4 Å². The molecule has 2 aromatic rings. The highest BCUT2D eigenvalue weighted by atomic mass is 79.9. The summed E-state index contributed by atoms with van der Waals surface area (Å²) in [6, 6.07) is 3.24. The highest BCUT2D eigenvalue weighted by Gasteiger charge is 2.26. The smallest absolute Gasteiger partial charge is 0.292 e. The monoisotopic (exact) mass is 454 g/mol. The van der Waals surface area contributed by atoms with Crippen molar-refractivity contribution in [2.75, 3.05) is 18.5 Å². The fourth-order valence-corrected chi connectivity index (χ4v) is 4.49. The van der Waals surface area contributed by atoms with E-state index in [0.717, 1.165) is 42.2 Å². The third kappa shape index (κ3) is 4.22. The van der Waals surface area contributed by atoms with Gasteiger partial charge in [0.25, 0.3) is 5.91 Å². The van der Waals surface area contributed by atoms with Crippen LogP contribution in [0.2, 0.25) is 0 Å². The molecule has 27 heavy (non-hydrogen) atoms. The maximum Gasteiger partial charge on any atom is 0.292 e. The molecule has 0 unspecified atom stereocenters. The zero-order chi connectivity index (χ0) is 18.8. The molecule has 2 amide bonds. The first-order chi connectivity index (χ1) is 13.1. The van der Waals surface area contributed by atoms with Crippen LogP contribution < -0.4 is 10.6 Å². The van der Waals surface area contributed by atoms with Crippen LogP contribution in [0.4, 0.5) is 5.82 Å². The fraction of sp³-hybridized carbons (Fsp3) is 0.471. The Balaban J connectivity index is 1.45. The van der Waals surface area contributed by atoms with Gasteiger partial charge in [-0.2, -0.15) is 16.9 Å². The molecule has 2 N–H and O–H groups in total. The number of amides is 2. The first-order valence-electron chi connectivity index (χ1n) is 8.71. The Kier molecular flexibility index (Phi) is 5.55. The molecule has 4 rings (SSSR count). The van der Waals surface area contributed by atoms with E-state index in [1.807, 2.05) is 0 Å². The van der Waals surface area contributed by atoms with Crippen molar-refractivity contribution in [2.45, 2.75) is 37.0 Å². The Bertz CT molecular complexity index is 859. The first-order valence-corrected chi connectivity index (χ1v) is 10.7. The van der Waals surface area contributed by atoms with Gasteiger partial charge in [-0.3, -0.25) is 9.59 Å². The molecule has 0 radical (unpaired) electrons. The number of rotatable bonds is 6. The van der Waals surface area contributed by atoms with Gasteiger partial charge in [-0.1, -0.05) is 0 Å². The van der Waals surface area contributed by atoms with Crippen molar-refractivity contribution in [1.82, 2.24) is 15.1 Å². The number of hydrogen-bond donors (Lipinski definition) is 2. The van der Waals surface area contributed by atoms with Gasteiger partial charge < -0.3 is 19.8 Å². The molecule has 1 fully saturated rings. The van der Waals surface area contributed by atoms with Crippen molar-refractivity contribution in [3.05, 3.63) is 33.8 Å². The second kappa shape index (κ2) is 8.07. The summed E-state index contributed by atoms with van der Waals surface area (Å²) in [6.07, 6.45) is 2.08. The number of hydrogen-bond acceptors (Lipinski definition) is 6. The van der Waals surface area contributed by atoms with E-state index in [-0.39, 0.29) is 30.2 Å². The van der Waals surface area contributed by atoms with E-state index >= 15 is 0 Å². The fourth-order valence-electron chi connectivity index (χ4n) is 3.15. The van der Waals surface area contributed by atoms with Crippen LogP contribution in [0.1, 0.15) is 34.7 Å². The zero-order valence-corrected chi connectivity index (χ0v) is 16.9. The SMILES string of the molecule is O=C(Cn1nc2c(c1NC(=O)c1ccc(Br)o1)CSC2)NC[C@H]1CCCO1. The average molecular weight is 455 g/mol. The maximum absolute atomic E-state index is 12.5. The minimum atomic E-state index is -0.374. The highest BCUT2D eigenvalue weighted by molar-refractivity contribution is 9.10. The van der Waals surface area contributed by atoms with Gasteiger partial charge in [0, 0.05) is 30.2 Å². The van der Waals surface area contributed by atoms with Crippen molar-refractivity contribution >= 4 is 45.3 Å². The van der Waals surface area contributed by atoms with Crippen LogP contribution in [0.15, 0.2) is 21.2 Å². The molecule has 0 spiro atoms. The summed E-state index contributed by atoms with van der Waals surface area (Å²) < 4.78 is 12.9. The van der Waals surface area contributed by atoms with Gasteiger partial charge in [-0.05, 0) is 40.9 Å². The van der Waals surface area contributed by atoms with E-state index < -0.39 is 0 Å². The Morgan fingerprint density at radius 2 is 2.26 bits per heavy atom. The van der Waals surface area contributed by atoms with Gasteiger partial charge in [0.2, 0.25) is 5.91 Å². The Hall–Kier alpha value is -1.78. The van der Waals surface area contributed by atoms with Gasteiger partial charge in [0.05, 0.1) is 11.8 Å². The lowest BCUT2D eigenvalue weighted by molar-refractivity contribution is -0.122. The number of thioether (sulfide) groups is 1. The van der Waals surface area contributed by atoms with E-state index in [0.29, 0.717) is 17.0 Å². The number of carbonyl (C=O) groups excluding carboxylic acids is 2. The van der Waals surface area contributed by atoms with Crippen molar-refractivity contribution in [3.8, 4) is 0 Å². The van der Waals surface area contributed by atoms with Crippen LogP contribution in [-0.2, 0) is 27.6 Å². The van der Waals surface area contributed by atoms with Gasteiger partial charge >= 0.3 is 0 Å². The normalized spacial score (nSPS) is 18.5. The quantitative estimate of drug-likeness (QED) is 0.695. The zero-order valence-electron chi connectivity index (χ0n) is 14.5.